The molecule has 1 unspecified atom stereocenters. The predicted molar refractivity (Wildman–Crippen MR) is 86.1 cm³/mol. The van der Waals surface area contributed by atoms with Crippen LogP contribution in [0.2, 0.25) is 10.0 Å². The van der Waals surface area contributed by atoms with Gasteiger partial charge in [-0.3, -0.25) is 0 Å². The highest BCUT2D eigenvalue weighted by atomic mass is 35.5. The Morgan fingerprint density at radius 2 is 2.19 bits per heavy atom. The summed E-state index contributed by atoms with van der Waals surface area (Å²) in [7, 11) is 1.69. The number of nitrogens with one attached hydrogen (secondary N) is 1. The summed E-state index contributed by atoms with van der Waals surface area (Å²) in [4.78, 5) is 4.24. The second-order valence-electron chi connectivity index (χ2n) is 4.80. The predicted octanol–water partition coefficient (Wildman–Crippen LogP) is 3.54. The normalized spacial score (nSPS) is 12.6. The molecule has 1 N–H and O–H groups in total. The quantitative estimate of drug-likeness (QED) is 0.790. The van der Waals surface area contributed by atoms with E-state index in [4.69, 9.17) is 27.9 Å². The van der Waals surface area contributed by atoms with E-state index < -0.39 is 0 Å². The minimum atomic E-state index is 0.0940. The van der Waals surface area contributed by atoms with Crippen LogP contribution < -0.4 is 5.32 Å². The van der Waals surface area contributed by atoms with Gasteiger partial charge in [0.05, 0.1) is 24.7 Å². The van der Waals surface area contributed by atoms with E-state index >= 15 is 0 Å². The summed E-state index contributed by atoms with van der Waals surface area (Å²) in [5, 5.41) is 4.63. The second kappa shape index (κ2) is 7.80. The summed E-state index contributed by atoms with van der Waals surface area (Å²) in [6.07, 6.45) is 3.68. The number of hydrogen-bond acceptors (Lipinski definition) is 3. The molecule has 0 saturated heterocycles. The van der Waals surface area contributed by atoms with Crippen molar-refractivity contribution < 1.29 is 4.74 Å². The van der Waals surface area contributed by atoms with Crippen LogP contribution in [-0.2, 0) is 11.3 Å². The molecule has 0 amide bonds. The van der Waals surface area contributed by atoms with E-state index in [1.165, 1.54) is 0 Å². The van der Waals surface area contributed by atoms with E-state index in [2.05, 4.69) is 21.8 Å². The van der Waals surface area contributed by atoms with Crippen LogP contribution in [0.3, 0.4) is 0 Å². The minimum absolute atomic E-state index is 0.0940. The Labute approximate surface area is 135 Å². The zero-order valence-electron chi connectivity index (χ0n) is 12.1. The molecule has 0 aliphatic carbocycles. The van der Waals surface area contributed by atoms with Crippen molar-refractivity contribution in [3.05, 3.63) is 52.0 Å². The first-order chi connectivity index (χ1) is 10.1. The van der Waals surface area contributed by atoms with Gasteiger partial charge in [0.25, 0.3) is 0 Å². The minimum Gasteiger partial charge on any atom is -0.383 e. The summed E-state index contributed by atoms with van der Waals surface area (Å²) < 4.78 is 7.13. The maximum atomic E-state index is 6.29. The molecule has 1 aromatic carbocycles. The lowest BCUT2D eigenvalue weighted by atomic mass is 10.1. The van der Waals surface area contributed by atoms with Gasteiger partial charge in [0, 0.05) is 36.4 Å². The first-order valence-electron chi connectivity index (χ1n) is 6.78. The van der Waals surface area contributed by atoms with Gasteiger partial charge < -0.3 is 14.6 Å². The van der Waals surface area contributed by atoms with Crippen molar-refractivity contribution in [3.63, 3.8) is 0 Å². The average Bonchev–Trinajstić information content (AvgIpc) is 2.91. The molecule has 1 aromatic heterocycles. The molecule has 0 radical (unpaired) electrons. The largest absolute Gasteiger partial charge is 0.383 e. The van der Waals surface area contributed by atoms with Crippen LogP contribution in [0.4, 0.5) is 0 Å². The fourth-order valence-electron chi connectivity index (χ4n) is 2.20. The standard InChI is InChI=1S/C15H19Cl2N3O/c1-11(14-4-3-12(16)7-15(14)17)20-10-19-9-13(20)8-18-5-6-21-2/h3-4,7,9-11,18H,5-6,8H2,1-2H3. The molecule has 0 bridgehead atoms. The molecule has 2 rings (SSSR count). The SMILES string of the molecule is COCCNCc1cncn1C(C)c1ccc(Cl)cc1Cl. The fraction of sp³-hybridized carbons (Fsp3) is 0.400. The molecule has 6 heteroatoms. The van der Waals surface area contributed by atoms with Crippen molar-refractivity contribution in [1.82, 2.24) is 14.9 Å². The number of hydrogen-bond donors (Lipinski definition) is 1. The van der Waals surface area contributed by atoms with Crippen molar-refractivity contribution in [1.29, 1.82) is 0 Å². The molecule has 0 saturated carbocycles. The summed E-state index contributed by atoms with van der Waals surface area (Å²) in [5.41, 5.74) is 2.13. The van der Waals surface area contributed by atoms with Crippen molar-refractivity contribution in [3.8, 4) is 0 Å². The molecule has 2 aromatic rings. The summed E-state index contributed by atoms with van der Waals surface area (Å²) in [5.74, 6) is 0. The van der Waals surface area contributed by atoms with Gasteiger partial charge in [-0.05, 0) is 24.6 Å². The number of imidazole rings is 1. The van der Waals surface area contributed by atoms with Gasteiger partial charge in [0.2, 0.25) is 0 Å². The van der Waals surface area contributed by atoms with Crippen LogP contribution in [0.15, 0.2) is 30.7 Å². The fourth-order valence-corrected chi connectivity index (χ4v) is 2.76. The Hall–Kier alpha value is -1.07. The highest BCUT2D eigenvalue weighted by Crippen LogP contribution is 2.29. The van der Waals surface area contributed by atoms with Gasteiger partial charge in [-0.2, -0.15) is 0 Å². The Morgan fingerprint density at radius 3 is 2.90 bits per heavy atom. The van der Waals surface area contributed by atoms with E-state index in [9.17, 15) is 0 Å². The monoisotopic (exact) mass is 327 g/mol. The van der Waals surface area contributed by atoms with E-state index in [0.717, 1.165) is 24.3 Å². The van der Waals surface area contributed by atoms with E-state index in [1.807, 2.05) is 24.7 Å². The maximum absolute atomic E-state index is 6.29. The van der Waals surface area contributed by atoms with E-state index in [0.29, 0.717) is 16.7 Å². The number of methoxy groups -OCH3 is 1. The molecule has 1 atom stereocenters. The van der Waals surface area contributed by atoms with E-state index in [-0.39, 0.29) is 6.04 Å². The average molecular weight is 328 g/mol. The smallest absolute Gasteiger partial charge is 0.0954 e. The molecule has 114 valence electrons. The lowest BCUT2D eigenvalue weighted by Crippen LogP contribution is -2.21. The van der Waals surface area contributed by atoms with Crippen LogP contribution in [0.25, 0.3) is 0 Å². The number of benzene rings is 1. The van der Waals surface area contributed by atoms with Gasteiger partial charge in [-0.15, -0.1) is 0 Å². The first-order valence-corrected chi connectivity index (χ1v) is 7.54. The van der Waals surface area contributed by atoms with Crippen molar-refractivity contribution in [2.24, 2.45) is 0 Å². The van der Waals surface area contributed by atoms with Gasteiger partial charge >= 0.3 is 0 Å². The third-order valence-electron chi connectivity index (χ3n) is 3.37. The first kappa shape index (κ1) is 16.3. The van der Waals surface area contributed by atoms with Gasteiger partial charge in [-0.25, -0.2) is 4.98 Å². The van der Waals surface area contributed by atoms with Crippen molar-refractivity contribution in [2.75, 3.05) is 20.3 Å². The number of ether oxygens (including phenoxy) is 1. The molecular weight excluding hydrogens is 309 g/mol. The number of rotatable bonds is 7. The van der Waals surface area contributed by atoms with Gasteiger partial charge in [0.15, 0.2) is 0 Å². The Kier molecular flexibility index (Phi) is 6.06. The highest BCUT2D eigenvalue weighted by Gasteiger charge is 2.14. The number of aromatic nitrogens is 2. The second-order valence-corrected chi connectivity index (χ2v) is 5.65. The van der Waals surface area contributed by atoms with E-state index in [1.54, 1.807) is 13.2 Å². The Morgan fingerprint density at radius 1 is 1.38 bits per heavy atom. The zero-order chi connectivity index (χ0) is 15.2. The lowest BCUT2D eigenvalue weighted by molar-refractivity contribution is 0.199. The van der Waals surface area contributed by atoms with Crippen LogP contribution in [-0.4, -0.2) is 29.8 Å². The van der Waals surface area contributed by atoms with Crippen LogP contribution >= 0.6 is 23.2 Å². The highest BCUT2D eigenvalue weighted by molar-refractivity contribution is 6.35. The Bertz CT molecular complexity index is 586. The zero-order valence-corrected chi connectivity index (χ0v) is 13.7. The summed E-state index contributed by atoms with van der Waals surface area (Å²) in [6, 6.07) is 5.67. The van der Waals surface area contributed by atoms with Crippen molar-refractivity contribution in [2.45, 2.75) is 19.5 Å². The van der Waals surface area contributed by atoms with Crippen molar-refractivity contribution >= 4 is 23.2 Å². The van der Waals surface area contributed by atoms with Crippen LogP contribution in [0.5, 0.6) is 0 Å². The van der Waals surface area contributed by atoms with Crippen LogP contribution in [0, 0.1) is 0 Å². The molecular formula is C15H19Cl2N3O. The summed E-state index contributed by atoms with van der Waals surface area (Å²) >= 11 is 12.2. The third-order valence-corrected chi connectivity index (χ3v) is 3.93. The van der Waals surface area contributed by atoms with Crippen LogP contribution in [0.1, 0.15) is 24.2 Å². The number of nitrogens with zero attached hydrogens (tertiary/aromatic N) is 2. The molecule has 0 spiro atoms. The molecule has 1 heterocycles. The number of halogens is 2. The molecule has 4 nitrogen and oxygen atoms in total. The van der Waals surface area contributed by atoms with Gasteiger partial charge in [-0.1, -0.05) is 29.3 Å². The lowest BCUT2D eigenvalue weighted by Gasteiger charge is -2.18. The topological polar surface area (TPSA) is 39.1 Å². The third kappa shape index (κ3) is 4.20. The summed E-state index contributed by atoms with van der Waals surface area (Å²) in [6.45, 7) is 4.32. The maximum Gasteiger partial charge on any atom is 0.0954 e. The molecule has 21 heavy (non-hydrogen) atoms. The molecule has 0 fully saturated rings. The molecule has 0 aliphatic rings. The molecule has 0 aliphatic heterocycles. The Balaban J connectivity index is 2.12. The van der Waals surface area contributed by atoms with Gasteiger partial charge in [0.1, 0.15) is 0 Å².